The van der Waals surface area contributed by atoms with Crippen LogP contribution in [0, 0.1) is 13.5 Å². The summed E-state index contributed by atoms with van der Waals surface area (Å²) in [6.45, 7) is 18.2. The molecule has 0 fully saturated rings. The largest absolute Gasteiger partial charge is 0.489 e. The van der Waals surface area contributed by atoms with Crippen LogP contribution in [0.1, 0.15) is 48.6 Å². The van der Waals surface area contributed by atoms with Gasteiger partial charge in [-0.15, -0.1) is 0 Å². The Morgan fingerprint density at radius 2 is 1.83 bits per heavy atom. The van der Waals surface area contributed by atoms with E-state index >= 15 is 0 Å². The first-order valence-electron chi connectivity index (χ1n) is 15.8. The van der Waals surface area contributed by atoms with Crippen molar-refractivity contribution in [3.05, 3.63) is 106 Å². The van der Waals surface area contributed by atoms with Crippen molar-refractivity contribution in [3.8, 4) is 34.1 Å². The van der Waals surface area contributed by atoms with Gasteiger partial charge >= 0.3 is 5.97 Å². The zero-order valence-electron chi connectivity index (χ0n) is 27.3. The summed E-state index contributed by atoms with van der Waals surface area (Å²) in [6, 6.07) is 18.0. The lowest BCUT2D eigenvalue weighted by atomic mass is 9.96. The molecule has 3 heterocycles. The summed E-state index contributed by atoms with van der Waals surface area (Å²) in [6.07, 6.45) is 3.98. The van der Waals surface area contributed by atoms with Crippen LogP contribution >= 0.6 is 0 Å². The van der Waals surface area contributed by atoms with Gasteiger partial charge in [-0.2, -0.15) is 0 Å². The normalized spacial score (nSPS) is 14.1. The molecule has 0 amide bonds. The Kier molecular flexibility index (Phi) is 9.32. The Labute approximate surface area is 275 Å². The van der Waals surface area contributed by atoms with Gasteiger partial charge in [-0.1, -0.05) is 24.3 Å². The number of aromatic nitrogens is 1. The van der Waals surface area contributed by atoms with E-state index in [0.717, 1.165) is 56.9 Å². The lowest BCUT2D eigenvalue weighted by Crippen LogP contribution is -2.38. The van der Waals surface area contributed by atoms with Gasteiger partial charge in [0.05, 0.1) is 13.1 Å². The maximum Gasteiger partial charge on any atom is 0.320 e. The number of benzene rings is 3. The van der Waals surface area contributed by atoms with Gasteiger partial charge in [0.15, 0.2) is 11.5 Å². The summed E-state index contributed by atoms with van der Waals surface area (Å²) in [7, 11) is 0. The molecule has 0 saturated heterocycles. The van der Waals surface area contributed by atoms with E-state index in [0.29, 0.717) is 50.1 Å². The minimum atomic E-state index is -0.540. The molecule has 2 aliphatic rings. The SMILES string of the molecule is [C-]#[N+]c1cncc(COc2cc3c(c(OCc4cccc(-c5ccc6c(c5)OCCO6)c4C)c2)CN(CC(=O)OC(C)(C)C)CC3)c1. The number of carbonyl (C=O) groups is 1. The van der Waals surface area contributed by atoms with Crippen LogP contribution in [0.3, 0.4) is 0 Å². The molecule has 9 heteroatoms. The second kappa shape index (κ2) is 13.7. The van der Waals surface area contributed by atoms with E-state index in [-0.39, 0.29) is 19.1 Å². The second-order valence-corrected chi connectivity index (χ2v) is 12.8. The number of ether oxygens (including phenoxy) is 5. The summed E-state index contributed by atoms with van der Waals surface area (Å²) in [5, 5.41) is 0. The Hall–Kier alpha value is -5.07. The molecule has 1 aromatic heterocycles. The lowest BCUT2D eigenvalue weighted by Gasteiger charge is -2.31. The standard InChI is InChI=1S/C38H39N3O6/c1-25-29(7-6-8-32(25)27-9-10-34-36(17-27)44-14-13-43-34)24-46-35-18-31(45-23-26-15-30(39-5)20-40-19-26)16-28-11-12-41(21-33(28)35)22-37(42)47-38(2,3)4/h6-10,15-20H,11-14,21-24H2,1-4H3. The van der Waals surface area contributed by atoms with E-state index in [1.165, 1.54) is 6.20 Å². The van der Waals surface area contributed by atoms with Crippen molar-refractivity contribution < 1.29 is 28.5 Å². The van der Waals surface area contributed by atoms with Gasteiger partial charge in [0, 0.05) is 37.1 Å². The molecule has 0 spiro atoms. The molecule has 3 aromatic carbocycles. The van der Waals surface area contributed by atoms with Crippen molar-refractivity contribution >= 4 is 11.7 Å². The van der Waals surface area contributed by atoms with E-state index in [9.17, 15) is 4.79 Å². The second-order valence-electron chi connectivity index (χ2n) is 12.8. The third kappa shape index (κ3) is 7.84. The molecule has 242 valence electrons. The minimum absolute atomic E-state index is 0.204. The lowest BCUT2D eigenvalue weighted by molar-refractivity contribution is -0.156. The summed E-state index contributed by atoms with van der Waals surface area (Å²) in [4.78, 5) is 22.4. The van der Waals surface area contributed by atoms with Crippen LogP contribution in [-0.2, 0) is 35.7 Å². The third-order valence-corrected chi connectivity index (χ3v) is 8.12. The average Bonchev–Trinajstić information content (AvgIpc) is 3.06. The highest BCUT2D eigenvalue weighted by Gasteiger charge is 2.26. The molecular formula is C38H39N3O6. The molecule has 0 N–H and O–H groups in total. The Bertz CT molecular complexity index is 1820. The van der Waals surface area contributed by atoms with E-state index in [1.807, 2.05) is 51.1 Å². The first-order valence-corrected chi connectivity index (χ1v) is 15.8. The van der Waals surface area contributed by atoms with Crippen molar-refractivity contribution in [2.24, 2.45) is 0 Å². The third-order valence-electron chi connectivity index (χ3n) is 8.12. The van der Waals surface area contributed by atoms with Gasteiger partial charge in [-0.3, -0.25) is 14.7 Å². The Balaban J connectivity index is 1.25. The number of carbonyl (C=O) groups excluding carboxylic acids is 1. The highest BCUT2D eigenvalue weighted by Crippen LogP contribution is 2.37. The number of hydrogen-bond donors (Lipinski definition) is 0. The maximum atomic E-state index is 12.7. The van der Waals surface area contributed by atoms with Gasteiger partial charge < -0.3 is 23.7 Å². The van der Waals surface area contributed by atoms with Crippen molar-refractivity contribution in [1.29, 1.82) is 0 Å². The van der Waals surface area contributed by atoms with Crippen LogP contribution in [-0.4, -0.2) is 47.8 Å². The monoisotopic (exact) mass is 633 g/mol. The van der Waals surface area contributed by atoms with E-state index in [2.05, 4.69) is 39.9 Å². The van der Waals surface area contributed by atoms with Crippen LogP contribution < -0.4 is 18.9 Å². The van der Waals surface area contributed by atoms with Gasteiger partial charge in [0.1, 0.15) is 43.5 Å². The molecule has 4 aromatic rings. The molecule has 0 unspecified atom stereocenters. The van der Waals surface area contributed by atoms with E-state index in [4.69, 9.17) is 30.3 Å². The number of nitrogens with zero attached hydrogens (tertiary/aromatic N) is 3. The van der Waals surface area contributed by atoms with Crippen LogP contribution in [0.4, 0.5) is 5.69 Å². The highest BCUT2D eigenvalue weighted by molar-refractivity contribution is 5.72. The average molecular weight is 634 g/mol. The van der Waals surface area contributed by atoms with Crippen LogP contribution in [0.5, 0.6) is 23.0 Å². The number of pyridine rings is 1. The van der Waals surface area contributed by atoms with Crippen molar-refractivity contribution in [2.75, 3.05) is 26.3 Å². The maximum absolute atomic E-state index is 12.7. The zero-order chi connectivity index (χ0) is 33.0. The number of hydrogen-bond acceptors (Lipinski definition) is 8. The molecule has 6 rings (SSSR count). The molecule has 0 saturated carbocycles. The van der Waals surface area contributed by atoms with Crippen molar-refractivity contribution in [2.45, 2.75) is 59.5 Å². The molecule has 47 heavy (non-hydrogen) atoms. The molecule has 2 aliphatic heterocycles. The number of esters is 1. The number of rotatable bonds is 9. The van der Waals surface area contributed by atoms with Gasteiger partial charge in [0.2, 0.25) is 5.69 Å². The first-order chi connectivity index (χ1) is 22.6. The highest BCUT2D eigenvalue weighted by atomic mass is 16.6. The molecule has 0 bridgehead atoms. The predicted molar refractivity (Wildman–Crippen MR) is 178 cm³/mol. The van der Waals surface area contributed by atoms with Crippen molar-refractivity contribution in [3.63, 3.8) is 0 Å². The summed E-state index contributed by atoms with van der Waals surface area (Å²) in [5.74, 6) is 2.66. The van der Waals surface area contributed by atoms with Crippen molar-refractivity contribution in [1.82, 2.24) is 9.88 Å². The van der Waals surface area contributed by atoms with Gasteiger partial charge in [-0.05, 0) is 91.8 Å². The fourth-order valence-electron chi connectivity index (χ4n) is 5.86. The van der Waals surface area contributed by atoms with Crippen LogP contribution in [0.25, 0.3) is 16.0 Å². The quantitative estimate of drug-likeness (QED) is 0.141. The predicted octanol–water partition coefficient (Wildman–Crippen LogP) is 7.24. The minimum Gasteiger partial charge on any atom is -0.489 e. The fourth-order valence-corrected chi connectivity index (χ4v) is 5.86. The summed E-state index contributed by atoms with van der Waals surface area (Å²) >= 11 is 0. The van der Waals surface area contributed by atoms with Crippen LogP contribution in [0.15, 0.2) is 67.0 Å². The summed E-state index contributed by atoms with van der Waals surface area (Å²) < 4.78 is 29.9. The molecule has 0 atom stereocenters. The van der Waals surface area contributed by atoms with Crippen LogP contribution in [0.2, 0.25) is 0 Å². The fraction of sp³-hybridized carbons (Fsp3) is 0.342. The number of fused-ring (bicyclic) bond motifs is 2. The van der Waals surface area contributed by atoms with Gasteiger partial charge in [-0.25, -0.2) is 4.85 Å². The zero-order valence-corrected chi connectivity index (χ0v) is 27.3. The molecule has 0 aliphatic carbocycles. The molecule has 0 radical (unpaired) electrons. The molecular weight excluding hydrogens is 594 g/mol. The van der Waals surface area contributed by atoms with Gasteiger partial charge in [0.25, 0.3) is 0 Å². The smallest absolute Gasteiger partial charge is 0.320 e. The summed E-state index contributed by atoms with van der Waals surface area (Å²) in [5.41, 5.74) is 7.22. The Morgan fingerprint density at radius 1 is 1.00 bits per heavy atom. The van der Waals surface area contributed by atoms with E-state index < -0.39 is 5.60 Å². The first kappa shape index (κ1) is 31.9. The van der Waals surface area contributed by atoms with E-state index in [1.54, 1.807) is 12.3 Å². The topological polar surface area (TPSA) is 83.7 Å². The molecule has 9 nitrogen and oxygen atoms in total. The Morgan fingerprint density at radius 3 is 2.64 bits per heavy atom.